The van der Waals surface area contributed by atoms with E-state index in [0.717, 1.165) is 12.0 Å². The van der Waals surface area contributed by atoms with Crippen LogP contribution in [-0.2, 0) is 32.6 Å². The zero-order valence-corrected chi connectivity index (χ0v) is 26.9. The molecule has 230 valence electrons. The van der Waals surface area contributed by atoms with E-state index in [2.05, 4.69) is 10.0 Å². The Morgan fingerprint density at radius 3 is 2.56 bits per heavy atom. The lowest BCUT2D eigenvalue weighted by molar-refractivity contribution is -0.00642. The van der Waals surface area contributed by atoms with E-state index in [4.69, 9.17) is 9.47 Å². The molecular weight excluding hydrogens is 690 g/mol. The van der Waals surface area contributed by atoms with E-state index in [1.165, 1.54) is 21.6 Å². The number of anilines is 4. The highest BCUT2D eigenvalue weighted by atomic mass is 127. The topological polar surface area (TPSA) is 119 Å². The van der Waals surface area contributed by atoms with Crippen LogP contribution in [-0.4, -0.2) is 43.6 Å². The van der Waals surface area contributed by atoms with Gasteiger partial charge in [0.25, 0.3) is 5.56 Å². The number of sulfonamides is 1. The summed E-state index contributed by atoms with van der Waals surface area (Å²) in [6.07, 6.45) is 1.14. The summed E-state index contributed by atoms with van der Waals surface area (Å²) in [5.74, 6) is -0.515. The van der Waals surface area contributed by atoms with Crippen molar-refractivity contribution in [2.24, 2.45) is 0 Å². The fourth-order valence-corrected chi connectivity index (χ4v) is 7.13. The second-order valence-corrected chi connectivity index (χ2v) is 13.9. The summed E-state index contributed by atoms with van der Waals surface area (Å²) >= 11 is 1.98. The zero-order chi connectivity index (χ0) is 30.7. The highest BCUT2D eigenvalue weighted by Crippen LogP contribution is 2.41. The van der Waals surface area contributed by atoms with Gasteiger partial charge in [0, 0.05) is 22.2 Å². The van der Waals surface area contributed by atoms with Gasteiger partial charge in [-0.15, -0.1) is 0 Å². The minimum absolute atomic E-state index is 0.00588. The maximum absolute atomic E-state index is 14.9. The summed E-state index contributed by atoms with van der Waals surface area (Å²) in [5, 5.41) is 2.19. The van der Waals surface area contributed by atoms with Gasteiger partial charge in [0.05, 0.1) is 35.9 Å². The molecular formula is C30H34FIN4O6S. The molecule has 0 atom stereocenters. The Kier molecular flexibility index (Phi) is 9.61. The molecule has 2 aliphatic rings. The van der Waals surface area contributed by atoms with Gasteiger partial charge in [-0.1, -0.05) is 43.7 Å². The maximum Gasteiger partial charge on any atom is 0.415 e. The first-order valence-corrected chi connectivity index (χ1v) is 16.8. The number of nitrogens with one attached hydrogen (secondary N) is 2. The van der Waals surface area contributed by atoms with E-state index < -0.39 is 32.7 Å². The maximum atomic E-state index is 14.9. The molecule has 1 aromatic heterocycles. The summed E-state index contributed by atoms with van der Waals surface area (Å²) in [6, 6.07) is 14.2. The van der Waals surface area contributed by atoms with E-state index >= 15 is 0 Å². The van der Waals surface area contributed by atoms with Crippen LogP contribution in [0, 0.1) is 16.3 Å². The Labute approximate surface area is 263 Å². The van der Waals surface area contributed by atoms with Gasteiger partial charge in [0.15, 0.2) is 0 Å². The van der Waals surface area contributed by atoms with E-state index in [-0.39, 0.29) is 67.1 Å². The van der Waals surface area contributed by atoms with Crippen LogP contribution in [0.15, 0.2) is 53.3 Å². The van der Waals surface area contributed by atoms with Crippen molar-refractivity contribution in [1.82, 2.24) is 4.57 Å². The number of fused-ring (bicyclic) bond motifs is 1. The van der Waals surface area contributed by atoms with Crippen LogP contribution in [0.2, 0.25) is 0 Å². The van der Waals surface area contributed by atoms with Crippen molar-refractivity contribution in [1.29, 1.82) is 0 Å². The summed E-state index contributed by atoms with van der Waals surface area (Å²) in [4.78, 5) is 27.8. The number of carbonyl (C=O) groups is 1. The first-order chi connectivity index (χ1) is 20.6. The Morgan fingerprint density at radius 1 is 1.12 bits per heavy atom. The standard InChI is InChI=1S/C30H34FIN4O6S/c1-3-4-14-41-30(38)36-13-12-35-28(36)27(26(19(2)29(35)37)33-25-11-10-21(32)15-24(25)31)34-43(39,40)23-16-22(17-23)42-18-20-8-6-5-7-9-20/h5-11,15,22-23,33-34H,3-4,12-14,16-18H2,1-2H3. The van der Waals surface area contributed by atoms with Gasteiger partial charge >= 0.3 is 6.09 Å². The van der Waals surface area contributed by atoms with E-state index in [1.54, 1.807) is 13.0 Å². The molecule has 5 rings (SSSR count). The zero-order valence-electron chi connectivity index (χ0n) is 23.9. The molecule has 2 N–H and O–H groups in total. The van der Waals surface area contributed by atoms with Gasteiger partial charge in [-0.25, -0.2) is 17.6 Å². The van der Waals surface area contributed by atoms with Crippen molar-refractivity contribution in [3.63, 3.8) is 0 Å². The molecule has 1 amide bonds. The number of rotatable bonds is 11. The second kappa shape index (κ2) is 13.2. The Balaban J connectivity index is 1.46. The van der Waals surface area contributed by atoms with Crippen LogP contribution in [0.5, 0.6) is 0 Å². The van der Waals surface area contributed by atoms with E-state index in [9.17, 15) is 22.4 Å². The molecule has 3 aromatic rings. The highest BCUT2D eigenvalue weighted by molar-refractivity contribution is 14.1. The SMILES string of the molecule is CCCCOC(=O)N1CCn2c1c(NS(=O)(=O)C1CC(OCc3ccccc3)C1)c(Nc1ccc(I)cc1F)c(C)c2=O. The van der Waals surface area contributed by atoms with Gasteiger partial charge in [0.1, 0.15) is 17.3 Å². The Morgan fingerprint density at radius 2 is 1.86 bits per heavy atom. The van der Waals surface area contributed by atoms with Crippen molar-refractivity contribution in [2.45, 2.75) is 64.0 Å². The van der Waals surface area contributed by atoms with Crippen molar-refractivity contribution in [3.05, 3.63) is 79.4 Å². The number of hydrogen-bond acceptors (Lipinski definition) is 7. The molecule has 13 heteroatoms. The summed E-state index contributed by atoms with van der Waals surface area (Å²) in [7, 11) is -4.00. The molecule has 0 bridgehead atoms. The van der Waals surface area contributed by atoms with Crippen molar-refractivity contribution in [2.75, 3.05) is 28.1 Å². The van der Waals surface area contributed by atoms with Crippen molar-refractivity contribution < 1.29 is 27.1 Å². The fraction of sp³-hybridized carbons (Fsp3) is 0.400. The molecule has 0 spiro atoms. The lowest BCUT2D eigenvalue weighted by Crippen LogP contribution is -2.44. The van der Waals surface area contributed by atoms with Crippen molar-refractivity contribution in [3.8, 4) is 0 Å². The third-order valence-corrected chi connectivity index (χ3v) is 10.1. The predicted octanol–water partition coefficient (Wildman–Crippen LogP) is 5.89. The predicted molar refractivity (Wildman–Crippen MR) is 172 cm³/mol. The summed E-state index contributed by atoms with van der Waals surface area (Å²) in [6.45, 7) is 4.35. The average Bonchev–Trinajstić information content (AvgIpc) is 3.40. The van der Waals surface area contributed by atoms with E-state index in [1.807, 2.05) is 59.8 Å². The lowest BCUT2D eigenvalue weighted by atomic mass is 9.95. The number of amides is 1. The van der Waals surface area contributed by atoms with Crippen LogP contribution in [0.3, 0.4) is 0 Å². The van der Waals surface area contributed by atoms with Gasteiger partial charge in [0.2, 0.25) is 10.0 Å². The number of nitrogens with zero attached hydrogens (tertiary/aromatic N) is 2. The average molecular weight is 725 g/mol. The van der Waals surface area contributed by atoms with Crippen LogP contribution < -0.4 is 20.5 Å². The molecule has 0 radical (unpaired) electrons. The molecule has 43 heavy (non-hydrogen) atoms. The number of ether oxygens (including phenoxy) is 2. The number of unbranched alkanes of at least 4 members (excludes halogenated alkanes) is 1. The third-order valence-electron chi connectivity index (χ3n) is 7.67. The minimum atomic E-state index is -4.00. The quantitative estimate of drug-likeness (QED) is 0.187. The number of hydrogen-bond donors (Lipinski definition) is 2. The number of halogens is 2. The first-order valence-electron chi connectivity index (χ1n) is 14.2. The molecule has 0 unspecified atom stereocenters. The largest absolute Gasteiger partial charge is 0.449 e. The molecule has 1 fully saturated rings. The molecule has 2 heterocycles. The summed E-state index contributed by atoms with van der Waals surface area (Å²) < 4.78 is 58.4. The highest BCUT2D eigenvalue weighted by Gasteiger charge is 2.42. The molecule has 10 nitrogen and oxygen atoms in total. The monoisotopic (exact) mass is 724 g/mol. The number of carbonyl (C=O) groups excluding carboxylic acids is 1. The van der Waals surface area contributed by atoms with Crippen LogP contribution in [0.4, 0.5) is 32.1 Å². The van der Waals surface area contributed by atoms with Gasteiger partial charge in [-0.2, -0.15) is 0 Å². The van der Waals surface area contributed by atoms with Crippen LogP contribution >= 0.6 is 22.6 Å². The van der Waals surface area contributed by atoms with E-state index in [0.29, 0.717) is 16.6 Å². The molecule has 2 aromatic carbocycles. The number of aromatic nitrogens is 1. The lowest BCUT2D eigenvalue weighted by Gasteiger charge is -2.35. The first kappa shape index (κ1) is 31.3. The Hall–Kier alpha value is -3.17. The fourth-order valence-electron chi connectivity index (χ4n) is 5.09. The normalized spacial score (nSPS) is 17.7. The molecule has 1 saturated carbocycles. The van der Waals surface area contributed by atoms with Crippen molar-refractivity contribution >= 4 is 61.6 Å². The summed E-state index contributed by atoms with van der Waals surface area (Å²) in [5.41, 5.74) is 0.878. The van der Waals surface area contributed by atoms with Gasteiger partial charge in [-0.3, -0.25) is 19.0 Å². The Bertz CT molecular complexity index is 1660. The second-order valence-electron chi connectivity index (χ2n) is 10.7. The smallest absolute Gasteiger partial charge is 0.415 e. The molecule has 1 aliphatic carbocycles. The molecule has 1 aliphatic heterocycles. The van der Waals surface area contributed by atoms with Crippen LogP contribution in [0.1, 0.15) is 43.7 Å². The number of benzene rings is 2. The third kappa shape index (κ3) is 6.83. The minimum Gasteiger partial charge on any atom is -0.449 e. The van der Waals surface area contributed by atoms with Gasteiger partial charge < -0.3 is 14.8 Å². The molecule has 0 saturated heterocycles. The van der Waals surface area contributed by atoms with Gasteiger partial charge in [-0.05, 0) is 72.5 Å². The van der Waals surface area contributed by atoms with Crippen LogP contribution in [0.25, 0.3) is 0 Å². The number of pyridine rings is 1.